The van der Waals surface area contributed by atoms with Crippen LogP contribution in [0.4, 0.5) is 5.69 Å². The molecule has 6 nitrogen and oxygen atoms in total. The van der Waals surface area contributed by atoms with Crippen LogP contribution >= 0.6 is 23.2 Å². The van der Waals surface area contributed by atoms with Gasteiger partial charge in [-0.15, -0.1) is 11.6 Å². The molecule has 8 heteroatoms. The number of anilines is 1. The molecule has 0 aliphatic heterocycles. The van der Waals surface area contributed by atoms with Crippen molar-refractivity contribution in [1.82, 2.24) is 4.90 Å². The second kappa shape index (κ2) is 10.4. The van der Waals surface area contributed by atoms with Gasteiger partial charge in [0.2, 0.25) is 5.91 Å². The maximum atomic E-state index is 13.2. The van der Waals surface area contributed by atoms with Gasteiger partial charge in [-0.2, -0.15) is 0 Å². The number of para-hydroxylation sites is 1. The highest BCUT2D eigenvalue weighted by atomic mass is 35.5. The Morgan fingerprint density at radius 2 is 1.66 bits per heavy atom. The molecule has 2 aromatic carbocycles. The first kappa shape index (κ1) is 22.9. The quantitative estimate of drug-likeness (QED) is 0.378. The lowest BCUT2D eigenvalue weighted by Gasteiger charge is -2.30. The molecule has 3 N–H and O–H groups in total. The minimum atomic E-state index is -1.45. The molecular formula is C21H23Cl2N3O3. The van der Waals surface area contributed by atoms with E-state index in [-0.39, 0.29) is 22.4 Å². The van der Waals surface area contributed by atoms with Gasteiger partial charge in [0.1, 0.15) is 0 Å². The second-order valence-corrected chi connectivity index (χ2v) is 7.42. The van der Waals surface area contributed by atoms with Gasteiger partial charge in [0.05, 0.1) is 11.1 Å². The number of nitrogens with two attached hydrogens (primary N) is 1. The zero-order chi connectivity index (χ0) is 21.6. The van der Waals surface area contributed by atoms with Crippen molar-refractivity contribution in [3.05, 3.63) is 65.2 Å². The van der Waals surface area contributed by atoms with Crippen LogP contribution in [-0.2, 0) is 9.59 Å². The van der Waals surface area contributed by atoms with Crippen LogP contribution in [0.15, 0.2) is 54.6 Å². The summed E-state index contributed by atoms with van der Waals surface area (Å²) in [6.45, 7) is 1.72. The molecule has 0 bridgehead atoms. The number of Topliss-reactive ketones (excluding diaryl/α,β-unsaturated/α-hetero) is 1. The fraction of sp³-hybridized carbons (Fsp3) is 0.286. The molecule has 0 aromatic heterocycles. The maximum Gasteiger partial charge on any atom is 0.255 e. The molecule has 0 spiro atoms. The minimum Gasteiger partial charge on any atom is -0.326 e. The van der Waals surface area contributed by atoms with Crippen molar-refractivity contribution < 1.29 is 14.4 Å². The Bertz CT molecular complexity index is 876. The molecule has 0 fully saturated rings. The largest absolute Gasteiger partial charge is 0.326 e. The number of hydrogen-bond donors (Lipinski definition) is 2. The van der Waals surface area contributed by atoms with Crippen molar-refractivity contribution in [3.8, 4) is 0 Å². The van der Waals surface area contributed by atoms with E-state index in [0.29, 0.717) is 5.69 Å². The lowest BCUT2D eigenvalue weighted by atomic mass is 9.99. The number of hydrogen-bond acceptors (Lipinski definition) is 4. The predicted molar refractivity (Wildman–Crippen MR) is 115 cm³/mol. The number of likely N-dealkylation sites (N-methyl/N-ethyl adjacent to an activating group) is 1. The van der Waals surface area contributed by atoms with Crippen LogP contribution in [0, 0.1) is 5.92 Å². The Balaban J connectivity index is 2.39. The molecule has 1 unspecified atom stereocenters. The van der Waals surface area contributed by atoms with E-state index in [1.165, 1.54) is 13.1 Å². The molecule has 0 saturated carbocycles. The number of carbonyl (C=O) groups is 3. The minimum absolute atomic E-state index is 0.140. The number of halogens is 2. The molecule has 2 aromatic rings. The third-order valence-corrected chi connectivity index (χ3v) is 5.37. The summed E-state index contributed by atoms with van der Waals surface area (Å²) in [6, 6.07) is 12.6. The van der Waals surface area contributed by atoms with E-state index < -0.39 is 29.7 Å². The highest BCUT2D eigenvalue weighted by Gasteiger charge is 2.37. The summed E-state index contributed by atoms with van der Waals surface area (Å²) in [5.74, 6) is -2.00. The maximum absolute atomic E-state index is 13.2. The number of carbonyl (C=O) groups excluding carboxylic acids is 3. The Kier molecular flexibility index (Phi) is 8.20. The van der Waals surface area contributed by atoms with Gasteiger partial charge in [0.25, 0.3) is 5.91 Å². The first-order valence-corrected chi connectivity index (χ1v) is 9.92. The number of rotatable bonds is 8. The molecule has 0 radical (unpaired) electrons. The van der Waals surface area contributed by atoms with Crippen molar-refractivity contribution in [1.29, 1.82) is 0 Å². The van der Waals surface area contributed by atoms with Crippen LogP contribution in [-0.4, -0.2) is 47.5 Å². The fourth-order valence-corrected chi connectivity index (χ4v) is 3.13. The smallest absolute Gasteiger partial charge is 0.255 e. The van der Waals surface area contributed by atoms with Crippen LogP contribution in [0.2, 0.25) is 5.02 Å². The first-order chi connectivity index (χ1) is 13.8. The summed E-state index contributed by atoms with van der Waals surface area (Å²) in [5, 5.41) is 2.86. The lowest BCUT2D eigenvalue weighted by Crippen LogP contribution is -2.55. The van der Waals surface area contributed by atoms with Gasteiger partial charge in [0, 0.05) is 24.2 Å². The number of amides is 2. The molecule has 2 amide bonds. The number of nitrogens with zero attached hydrogens (tertiary/aromatic N) is 1. The Hall–Kier alpha value is -2.41. The summed E-state index contributed by atoms with van der Waals surface area (Å²) in [4.78, 5) is 40.1. The summed E-state index contributed by atoms with van der Waals surface area (Å²) in [6.07, 6.45) is 0. The molecule has 0 aliphatic carbocycles. The zero-order valence-corrected chi connectivity index (χ0v) is 17.7. The summed E-state index contributed by atoms with van der Waals surface area (Å²) in [5.41, 5.74) is 6.62. The van der Waals surface area contributed by atoms with Gasteiger partial charge in [-0.05, 0) is 30.2 Å². The number of ketones is 1. The standard InChI is InChI=1S/C21H23Cl2N3O3/c1-13(12-22)17(24)21(29)26(2)18(19(27)15-10-6-7-11-16(15)23)20(28)25-14-8-4-3-5-9-14/h3-11,13,17-18H,12,24H2,1-2H3,(H,25,28)/t13?,17-,18-/m0/s1. The molecule has 0 heterocycles. The third kappa shape index (κ3) is 5.56. The monoisotopic (exact) mass is 435 g/mol. The van der Waals surface area contributed by atoms with Crippen molar-refractivity contribution in [2.75, 3.05) is 18.2 Å². The van der Waals surface area contributed by atoms with E-state index >= 15 is 0 Å². The van der Waals surface area contributed by atoms with E-state index in [2.05, 4.69) is 5.32 Å². The predicted octanol–water partition coefficient (Wildman–Crippen LogP) is 3.19. The number of nitrogens with one attached hydrogen (secondary N) is 1. The zero-order valence-electron chi connectivity index (χ0n) is 16.1. The van der Waals surface area contributed by atoms with Gasteiger partial charge in [-0.25, -0.2) is 0 Å². The molecule has 2 rings (SSSR count). The van der Waals surface area contributed by atoms with Crippen LogP contribution in [0.1, 0.15) is 17.3 Å². The molecular weight excluding hydrogens is 413 g/mol. The van der Waals surface area contributed by atoms with Crippen LogP contribution in [0.5, 0.6) is 0 Å². The van der Waals surface area contributed by atoms with Crippen molar-refractivity contribution in [2.45, 2.75) is 19.0 Å². The van der Waals surface area contributed by atoms with Gasteiger partial charge in [-0.1, -0.05) is 48.9 Å². The molecule has 0 saturated heterocycles. The van der Waals surface area contributed by atoms with Crippen molar-refractivity contribution in [3.63, 3.8) is 0 Å². The number of alkyl halides is 1. The van der Waals surface area contributed by atoms with E-state index in [9.17, 15) is 14.4 Å². The van der Waals surface area contributed by atoms with Crippen LogP contribution in [0.25, 0.3) is 0 Å². The Morgan fingerprint density at radius 1 is 1.07 bits per heavy atom. The van der Waals surface area contributed by atoms with E-state index in [1.54, 1.807) is 55.5 Å². The summed E-state index contributed by atoms with van der Waals surface area (Å²) < 4.78 is 0. The normalized spacial score (nSPS) is 13.8. The molecule has 154 valence electrons. The molecule has 0 aliphatic rings. The second-order valence-electron chi connectivity index (χ2n) is 6.71. The van der Waals surface area contributed by atoms with E-state index in [4.69, 9.17) is 28.9 Å². The van der Waals surface area contributed by atoms with Crippen molar-refractivity contribution in [2.24, 2.45) is 11.7 Å². The summed E-state index contributed by atoms with van der Waals surface area (Å²) in [7, 11) is 1.37. The lowest BCUT2D eigenvalue weighted by molar-refractivity contribution is -0.137. The average Bonchev–Trinajstić information content (AvgIpc) is 2.73. The van der Waals surface area contributed by atoms with Gasteiger partial charge >= 0.3 is 0 Å². The molecule has 3 atom stereocenters. The van der Waals surface area contributed by atoms with Gasteiger partial charge < -0.3 is 16.0 Å². The third-order valence-electron chi connectivity index (χ3n) is 4.55. The van der Waals surface area contributed by atoms with Crippen LogP contribution < -0.4 is 11.1 Å². The Morgan fingerprint density at radius 3 is 2.24 bits per heavy atom. The van der Waals surface area contributed by atoms with Crippen molar-refractivity contribution >= 4 is 46.5 Å². The summed E-state index contributed by atoms with van der Waals surface area (Å²) >= 11 is 12.0. The number of benzene rings is 2. The average molecular weight is 436 g/mol. The SMILES string of the molecule is CC(CCl)[C@H](N)C(=O)N(C)[C@H](C(=O)Nc1ccccc1)C(=O)c1ccccc1Cl. The van der Waals surface area contributed by atoms with Gasteiger partial charge in [0.15, 0.2) is 11.8 Å². The van der Waals surface area contributed by atoms with Crippen LogP contribution in [0.3, 0.4) is 0 Å². The Labute approximate surface area is 180 Å². The highest BCUT2D eigenvalue weighted by Crippen LogP contribution is 2.20. The van der Waals surface area contributed by atoms with E-state index in [1.807, 2.05) is 0 Å². The molecule has 29 heavy (non-hydrogen) atoms. The topological polar surface area (TPSA) is 92.5 Å². The van der Waals surface area contributed by atoms with Gasteiger partial charge in [-0.3, -0.25) is 14.4 Å². The van der Waals surface area contributed by atoms with E-state index in [0.717, 1.165) is 4.90 Å². The first-order valence-electron chi connectivity index (χ1n) is 9.00. The highest BCUT2D eigenvalue weighted by molar-refractivity contribution is 6.35. The fourth-order valence-electron chi connectivity index (χ4n) is 2.71.